The van der Waals surface area contributed by atoms with Crippen LogP contribution < -0.4 is 14.2 Å². The third-order valence-electron chi connectivity index (χ3n) is 3.94. The quantitative estimate of drug-likeness (QED) is 0.739. The average Bonchev–Trinajstić information content (AvgIpc) is 3.10. The van der Waals surface area contributed by atoms with Crippen LogP contribution in [-0.2, 0) is 6.61 Å². The molecule has 0 saturated heterocycles. The molecule has 130 valence electrons. The van der Waals surface area contributed by atoms with E-state index in [1.165, 1.54) is 0 Å². The van der Waals surface area contributed by atoms with Crippen molar-refractivity contribution in [3.63, 3.8) is 0 Å². The zero-order chi connectivity index (χ0) is 17.8. The lowest BCUT2D eigenvalue weighted by molar-refractivity contribution is 0.281. The van der Waals surface area contributed by atoms with E-state index in [1.54, 1.807) is 33.5 Å². The third-order valence-corrected chi connectivity index (χ3v) is 3.94. The minimum absolute atomic E-state index is 0.243. The van der Waals surface area contributed by atoms with Crippen LogP contribution in [0.1, 0.15) is 5.56 Å². The minimum Gasteiger partial charge on any atom is -0.497 e. The molecule has 6 heteroatoms. The molecule has 0 unspecified atom stereocenters. The van der Waals surface area contributed by atoms with E-state index in [2.05, 4.69) is 5.16 Å². The molecule has 0 amide bonds. The number of ether oxygens (including phenoxy) is 3. The highest BCUT2D eigenvalue weighted by Gasteiger charge is 2.24. The minimum atomic E-state index is -0.243. The van der Waals surface area contributed by atoms with Gasteiger partial charge in [0.2, 0.25) is 0 Å². The van der Waals surface area contributed by atoms with Gasteiger partial charge in [-0.15, -0.1) is 0 Å². The summed E-state index contributed by atoms with van der Waals surface area (Å²) in [7, 11) is 4.73. The second-order valence-electron chi connectivity index (χ2n) is 5.27. The Balaban J connectivity index is 2.19. The van der Waals surface area contributed by atoms with Gasteiger partial charge in [0.25, 0.3) is 0 Å². The number of hydrogen-bond donors (Lipinski definition) is 1. The Kier molecular flexibility index (Phi) is 4.90. The highest BCUT2D eigenvalue weighted by Crippen LogP contribution is 2.42. The van der Waals surface area contributed by atoms with Crippen molar-refractivity contribution in [2.24, 2.45) is 0 Å². The predicted octanol–water partition coefficient (Wildman–Crippen LogP) is 3.53. The number of aliphatic hydroxyl groups is 1. The van der Waals surface area contributed by atoms with Gasteiger partial charge >= 0.3 is 0 Å². The molecule has 0 aliphatic rings. The van der Waals surface area contributed by atoms with Gasteiger partial charge in [0, 0.05) is 5.56 Å². The highest BCUT2D eigenvalue weighted by molar-refractivity contribution is 5.80. The van der Waals surface area contributed by atoms with E-state index >= 15 is 0 Å². The first kappa shape index (κ1) is 16.9. The summed E-state index contributed by atoms with van der Waals surface area (Å²) >= 11 is 0. The van der Waals surface area contributed by atoms with Gasteiger partial charge in [0.1, 0.15) is 28.5 Å². The van der Waals surface area contributed by atoms with Crippen LogP contribution >= 0.6 is 0 Å². The van der Waals surface area contributed by atoms with Crippen LogP contribution in [0.5, 0.6) is 17.2 Å². The second kappa shape index (κ2) is 7.27. The predicted molar refractivity (Wildman–Crippen MR) is 93.0 cm³/mol. The first-order chi connectivity index (χ1) is 12.2. The van der Waals surface area contributed by atoms with Gasteiger partial charge in [0.05, 0.1) is 33.5 Å². The summed E-state index contributed by atoms with van der Waals surface area (Å²) in [6.45, 7) is -0.243. The summed E-state index contributed by atoms with van der Waals surface area (Å²) in [5.41, 5.74) is 2.49. The Hall–Kier alpha value is -2.99. The molecule has 0 radical (unpaired) electrons. The molecule has 6 nitrogen and oxygen atoms in total. The number of rotatable bonds is 6. The first-order valence-electron chi connectivity index (χ1n) is 7.68. The lowest BCUT2D eigenvalue weighted by Crippen LogP contribution is -1.95. The number of nitrogens with zero attached hydrogens (tertiary/aromatic N) is 1. The van der Waals surface area contributed by atoms with Crippen LogP contribution in [0.25, 0.3) is 22.6 Å². The first-order valence-corrected chi connectivity index (χ1v) is 7.68. The number of hydrogen-bond acceptors (Lipinski definition) is 6. The van der Waals surface area contributed by atoms with Crippen LogP contribution in [-0.4, -0.2) is 31.6 Å². The van der Waals surface area contributed by atoms with Crippen LogP contribution in [0.15, 0.2) is 47.0 Å². The van der Waals surface area contributed by atoms with Crippen molar-refractivity contribution in [1.82, 2.24) is 5.16 Å². The molecule has 0 atom stereocenters. The summed E-state index contributed by atoms with van der Waals surface area (Å²) in [4.78, 5) is 0. The molecule has 2 aromatic carbocycles. The summed E-state index contributed by atoms with van der Waals surface area (Å²) in [5.74, 6) is 2.25. The van der Waals surface area contributed by atoms with Crippen molar-refractivity contribution in [1.29, 1.82) is 0 Å². The molecule has 3 rings (SSSR count). The van der Waals surface area contributed by atoms with Crippen molar-refractivity contribution in [2.45, 2.75) is 6.61 Å². The Labute approximate surface area is 145 Å². The highest BCUT2D eigenvalue weighted by atomic mass is 16.5. The van der Waals surface area contributed by atoms with E-state index in [4.69, 9.17) is 18.7 Å². The van der Waals surface area contributed by atoms with Gasteiger partial charge in [-0.05, 0) is 24.3 Å². The molecule has 0 fully saturated rings. The molecule has 0 bridgehead atoms. The molecule has 0 aliphatic carbocycles. The monoisotopic (exact) mass is 341 g/mol. The molecular weight excluding hydrogens is 322 g/mol. The average molecular weight is 341 g/mol. The van der Waals surface area contributed by atoms with E-state index < -0.39 is 0 Å². The van der Waals surface area contributed by atoms with E-state index in [-0.39, 0.29) is 6.61 Å². The zero-order valence-corrected chi connectivity index (χ0v) is 14.3. The van der Waals surface area contributed by atoms with Crippen molar-refractivity contribution in [3.05, 3.63) is 48.0 Å². The van der Waals surface area contributed by atoms with Gasteiger partial charge in [-0.2, -0.15) is 0 Å². The standard InChI is InChI=1S/C19H19NO5/c1-22-13-7-4-6-12(10-13)18-14(11-21)19(25-20-18)17-15(23-2)8-5-9-16(17)24-3/h4-10,21H,11H2,1-3H3. The van der Waals surface area contributed by atoms with Gasteiger partial charge in [0.15, 0.2) is 5.76 Å². The maximum Gasteiger partial charge on any atom is 0.180 e. The maximum atomic E-state index is 9.95. The fourth-order valence-electron chi connectivity index (χ4n) is 2.72. The third kappa shape index (κ3) is 3.04. The molecule has 0 saturated carbocycles. The molecular formula is C19H19NO5. The smallest absolute Gasteiger partial charge is 0.180 e. The van der Waals surface area contributed by atoms with Gasteiger partial charge < -0.3 is 23.8 Å². The fourth-order valence-corrected chi connectivity index (χ4v) is 2.72. The van der Waals surface area contributed by atoms with Crippen molar-refractivity contribution < 1.29 is 23.8 Å². The van der Waals surface area contributed by atoms with Crippen LogP contribution in [0, 0.1) is 0 Å². The van der Waals surface area contributed by atoms with Gasteiger partial charge in [-0.25, -0.2) is 0 Å². The fraction of sp³-hybridized carbons (Fsp3) is 0.211. The van der Waals surface area contributed by atoms with Gasteiger partial charge in [-0.3, -0.25) is 0 Å². The molecule has 25 heavy (non-hydrogen) atoms. The molecule has 0 spiro atoms. The van der Waals surface area contributed by atoms with E-state index in [9.17, 15) is 5.11 Å². The summed E-state index contributed by atoms with van der Waals surface area (Å²) in [5, 5.41) is 14.1. The number of aliphatic hydroxyl groups excluding tert-OH is 1. The second-order valence-corrected chi connectivity index (χ2v) is 5.27. The van der Waals surface area contributed by atoms with Crippen molar-refractivity contribution >= 4 is 0 Å². The number of benzene rings is 2. The topological polar surface area (TPSA) is 74.0 Å². The summed E-state index contributed by atoms with van der Waals surface area (Å²) in [6, 6.07) is 12.8. The van der Waals surface area contributed by atoms with Crippen LogP contribution in [0.2, 0.25) is 0 Å². The Bertz CT molecular complexity index is 850. The molecule has 0 aliphatic heterocycles. The number of aromatic nitrogens is 1. The number of methoxy groups -OCH3 is 3. The Morgan fingerprint density at radius 3 is 2.24 bits per heavy atom. The van der Waals surface area contributed by atoms with Crippen LogP contribution in [0.4, 0.5) is 0 Å². The summed E-state index contributed by atoms with van der Waals surface area (Å²) < 4.78 is 21.7. The van der Waals surface area contributed by atoms with E-state index in [1.807, 2.05) is 30.3 Å². The maximum absolute atomic E-state index is 9.95. The molecule has 1 aromatic heterocycles. The van der Waals surface area contributed by atoms with E-state index in [0.29, 0.717) is 39.8 Å². The lowest BCUT2D eigenvalue weighted by Gasteiger charge is -2.11. The molecule has 1 N–H and O–H groups in total. The van der Waals surface area contributed by atoms with Crippen molar-refractivity contribution in [2.75, 3.05) is 21.3 Å². The molecule has 1 heterocycles. The van der Waals surface area contributed by atoms with Gasteiger partial charge in [-0.1, -0.05) is 23.4 Å². The molecule has 3 aromatic rings. The SMILES string of the molecule is COc1cccc(-c2noc(-c3c(OC)cccc3OC)c2CO)c1. The largest absolute Gasteiger partial charge is 0.497 e. The normalized spacial score (nSPS) is 10.6. The van der Waals surface area contributed by atoms with E-state index in [0.717, 1.165) is 5.56 Å². The Morgan fingerprint density at radius 2 is 1.64 bits per heavy atom. The summed E-state index contributed by atoms with van der Waals surface area (Å²) in [6.07, 6.45) is 0. The van der Waals surface area contributed by atoms with Crippen molar-refractivity contribution in [3.8, 4) is 39.8 Å². The zero-order valence-electron chi connectivity index (χ0n) is 14.3. The van der Waals surface area contributed by atoms with Crippen LogP contribution in [0.3, 0.4) is 0 Å². The lowest BCUT2D eigenvalue weighted by atomic mass is 10.0. The Morgan fingerprint density at radius 1 is 0.960 bits per heavy atom.